The predicted molar refractivity (Wildman–Crippen MR) is 123 cm³/mol. The number of aryl methyl sites for hydroxylation is 1. The van der Waals surface area contributed by atoms with Gasteiger partial charge in [-0.25, -0.2) is 0 Å². The first-order chi connectivity index (χ1) is 15.4. The number of rotatable bonds is 6. The predicted octanol–water partition coefficient (Wildman–Crippen LogP) is 2.93. The summed E-state index contributed by atoms with van der Waals surface area (Å²) >= 11 is 0. The van der Waals surface area contributed by atoms with Crippen molar-refractivity contribution in [1.82, 2.24) is 9.88 Å². The standard InChI is InChI=1S/C26H27N3O3/c1-19-7-9-22(10-8-19)23-6-2-4-20(14-23)16-26(25(27)31)18-29(12-13-32-26)24(30)15-21-5-3-11-28-17-21/h2-11,14,17H,12-13,15-16,18H2,1H3,(H2,27,31). The van der Waals surface area contributed by atoms with Crippen molar-refractivity contribution in [3.8, 4) is 11.1 Å². The van der Waals surface area contributed by atoms with Gasteiger partial charge in [-0.2, -0.15) is 0 Å². The Morgan fingerprint density at radius 3 is 2.56 bits per heavy atom. The number of pyridine rings is 1. The second-order valence-corrected chi connectivity index (χ2v) is 8.30. The minimum absolute atomic E-state index is 0.0691. The molecule has 2 heterocycles. The molecule has 1 saturated heterocycles. The van der Waals surface area contributed by atoms with Gasteiger partial charge in [-0.3, -0.25) is 14.6 Å². The van der Waals surface area contributed by atoms with Crippen LogP contribution in [0, 0.1) is 6.92 Å². The molecule has 0 saturated carbocycles. The second-order valence-electron chi connectivity index (χ2n) is 8.30. The Bertz CT molecular complexity index is 1100. The van der Waals surface area contributed by atoms with Crippen LogP contribution in [-0.2, 0) is 27.2 Å². The molecular weight excluding hydrogens is 402 g/mol. The number of aromatic nitrogens is 1. The Labute approximate surface area is 188 Å². The van der Waals surface area contributed by atoms with Crippen LogP contribution in [0.5, 0.6) is 0 Å². The third kappa shape index (κ3) is 4.86. The summed E-state index contributed by atoms with van der Waals surface area (Å²) in [6, 6.07) is 20.0. The second kappa shape index (κ2) is 9.32. The number of nitrogens with zero attached hydrogens (tertiary/aromatic N) is 2. The number of nitrogens with two attached hydrogens (primary N) is 1. The van der Waals surface area contributed by atoms with Crippen molar-refractivity contribution >= 4 is 11.8 Å². The van der Waals surface area contributed by atoms with Gasteiger partial charge in [0.25, 0.3) is 5.91 Å². The summed E-state index contributed by atoms with van der Waals surface area (Å²) < 4.78 is 5.94. The Balaban J connectivity index is 1.53. The van der Waals surface area contributed by atoms with Crippen molar-refractivity contribution in [3.05, 3.63) is 89.7 Å². The van der Waals surface area contributed by atoms with E-state index in [2.05, 4.69) is 42.2 Å². The van der Waals surface area contributed by atoms with Crippen molar-refractivity contribution in [2.24, 2.45) is 5.73 Å². The van der Waals surface area contributed by atoms with Gasteiger partial charge >= 0.3 is 0 Å². The molecule has 0 bridgehead atoms. The summed E-state index contributed by atoms with van der Waals surface area (Å²) in [5.74, 6) is -0.627. The Hall–Kier alpha value is -3.51. The van der Waals surface area contributed by atoms with E-state index < -0.39 is 11.5 Å². The number of hydrogen-bond donors (Lipinski definition) is 1. The van der Waals surface area contributed by atoms with Gasteiger partial charge in [0.05, 0.1) is 19.6 Å². The number of benzene rings is 2. The molecule has 0 spiro atoms. The normalized spacial score (nSPS) is 18.3. The zero-order valence-corrected chi connectivity index (χ0v) is 18.2. The Morgan fingerprint density at radius 2 is 1.84 bits per heavy atom. The fraction of sp³-hybridized carbons (Fsp3) is 0.269. The van der Waals surface area contributed by atoms with Crippen molar-refractivity contribution in [3.63, 3.8) is 0 Å². The molecule has 1 fully saturated rings. The average molecular weight is 430 g/mol. The van der Waals surface area contributed by atoms with Crippen LogP contribution in [-0.4, -0.2) is 47.0 Å². The summed E-state index contributed by atoms with van der Waals surface area (Å²) in [6.07, 6.45) is 3.88. The lowest BCUT2D eigenvalue weighted by Gasteiger charge is -2.41. The zero-order valence-electron chi connectivity index (χ0n) is 18.2. The van der Waals surface area contributed by atoms with Crippen LogP contribution in [0.1, 0.15) is 16.7 Å². The van der Waals surface area contributed by atoms with Crippen molar-refractivity contribution in [1.29, 1.82) is 0 Å². The van der Waals surface area contributed by atoms with Crippen LogP contribution in [0.2, 0.25) is 0 Å². The lowest BCUT2D eigenvalue weighted by molar-refractivity contribution is -0.163. The van der Waals surface area contributed by atoms with E-state index in [9.17, 15) is 9.59 Å². The average Bonchev–Trinajstić information content (AvgIpc) is 2.80. The van der Waals surface area contributed by atoms with Crippen LogP contribution >= 0.6 is 0 Å². The molecule has 1 unspecified atom stereocenters. The third-order valence-electron chi connectivity index (χ3n) is 5.87. The largest absolute Gasteiger partial charge is 0.367 e. The molecule has 6 heteroatoms. The van der Waals surface area contributed by atoms with Gasteiger partial charge in [-0.15, -0.1) is 0 Å². The molecule has 164 valence electrons. The summed E-state index contributed by atoms with van der Waals surface area (Å²) in [5, 5.41) is 0. The molecule has 1 aliphatic heterocycles. The highest BCUT2D eigenvalue weighted by Crippen LogP contribution is 2.27. The minimum Gasteiger partial charge on any atom is -0.367 e. The smallest absolute Gasteiger partial charge is 0.251 e. The first kappa shape index (κ1) is 21.7. The van der Waals surface area contributed by atoms with E-state index in [1.807, 2.05) is 24.3 Å². The topological polar surface area (TPSA) is 85.5 Å². The zero-order chi connectivity index (χ0) is 22.6. The molecule has 6 nitrogen and oxygen atoms in total. The van der Waals surface area contributed by atoms with Gasteiger partial charge in [-0.05, 0) is 35.2 Å². The summed E-state index contributed by atoms with van der Waals surface area (Å²) in [5.41, 5.74) is 9.69. The summed E-state index contributed by atoms with van der Waals surface area (Å²) in [7, 11) is 0. The lowest BCUT2D eigenvalue weighted by Crippen LogP contribution is -2.61. The van der Waals surface area contributed by atoms with Gasteiger partial charge in [0, 0.05) is 25.4 Å². The maximum absolute atomic E-state index is 12.9. The van der Waals surface area contributed by atoms with Crippen molar-refractivity contribution in [2.75, 3.05) is 19.7 Å². The molecule has 0 radical (unpaired) electrons. The number of amides is 2. The molecule has 1 aliphatic rings. The minimum atomic E-state index is -1.26. The number of ether oxygens (including phenoxy) is 1. The van der Waals surface area contributed by atoms with Crippen molar-refractivity contribution in [2.45, 2.75) is 25.4 Å². The van der Waals surface area contributed by atoms with Crippen LogP contribution in [0.3, 0.4) is 0 Å². The van der Waals surface area contributed by atoms with Gasteiger partial charge in [0.15, 0.2) is 5.60 Å². The van der Waals surface area contributed by atoms with E-state index in [4.69, 9.17) is 10.5 Å². The number of primary amides is 1. The van der Waals surface area contributed by atoms with Gasteiger partial charge < -0.3 is 15.4 Å². The van der Waals surface area contributed by atoms with E-state index in [0.29, 0.717) is 13.0 Å². The summed E-state index contributed by atoms with van der Waals surface area (Å²) in [4.78, 5) is 31.2. The molecule has 0 aliphatic carbocycles. The Morgan fingerprint density at radius 1 is 1.06 bits per heavy atom. The van der Waals surface area contributed by atoms with Crippen molar-refractivity contribution < 1.29 is 14.3 Å². The van der Waals surface area contributed by atoms with Crippen LogP contribution in [0.25, 0.3) is 11.1 Å². The van der Waals surface area contributed by atoms with Crippen LogP contribution < -0.4 is 5.73 Å². The van der Waals surface area contributed by atoms with Gasteiger partial charge in [0.1, 0.15) is 0 Å². The number of carbonyl (C=O) groups excluding carboxylic acids is 2. The van der Waals surface area contributed by atoms with Crippen LogP contribution in [0.4, 0.5) is 0 Å². The first-order valence-corrected chi connectivity index (χ1v) is 10.7. The van der Waals surface area contributed by atoms with Gasteiger partial charge in [0.2, 0.25) is 5.91 Å². The highest BCUT2D eigenvalue weighted by Gasteiger charge is 2.43. The third-order valence-corrected chi connectivity index (χ3v) is 5.87. The molecule has 1 atom stereocenters. The molecular formula is C26H27N3O3. The molecule has 4 rings (SSSR count). The molecule has 32 heavy (non-hydrogen) atoms. The van der Waals surface area contributed by atoms with E-state index >= 15 is 0 Å². The molecule has 2 N–H and O–H groups in total. The first-order valence-electron chi connectivity index (χ1n) is 10.7. The number of carbonyl (C=O) groups is 2. The maximum Gasteiger partial charge on any atom is 0.251 e. The Kier molecular flexibility index (Phi) is 6.32. The molecule has 1 aromatic heterocycles. The fourth-order valence-electron chi connectivity index (χ4n) is 4.07. The monoisotopic (exact) mass is 429 g/mol. The highest BCUT2D eigenvalue weighted by atomic mass is 16.5. The van der Waals surface area contributed by atoms with Crippen LogP contribution in [0.15, 0.2) is 73.1 Å². The van der Waals surface area contributed by atoms with E-state index in [0.717, 1.165) is 22.3 Å². The van der Waals surface area contributed by atoms with E-state index in [1.54, 1.807) is 23.4 Å². The van der Waals surface area contributed by atoms with Gasteiger partial charge in [-0.1, -0.05) is 60.2 Å². The quantitative estimate of drug-likeness (QED) is 0.653. The fourth-order valence-corrected chi connectivity index (χ4v) is 4.07. The maximum atomic E-state index is 12.9. The SMILES string of the molecule is Cc1ccc(-c2cccc(CC3(C(N)=O)CN(C(=O)Cc4cccnc4)CCO3)c2)cc1. The van der Waals surface area contributed by atoms with E-state index in [-0.39, 0.29) is 25.5 Å². The van der Waals surface area contributed by atoms with E-state index in [1.165, 1.54) is 5.56 Å². The molecule has 2 amide bonds. The number of morpholine rings is 1. The molecule has 3 aromatic rings. The lowest BCUT2D eigenvalue weighted by atomic mass is 9.90. The molecule has 2 aromatic carbocycles. The highest BCUT2D eigenvalue weighted by molar-refractivity contribution is 5.86. The summed E-state index contributed by atoms with van der Waals surface area (Å²) in [6.45, 7) is 2.88. The number of hydrogen-bond acceptors (Lipinski definition) is 4.